The first-order valence-corrected chi connectivity index (χ1v) is 10.4. The molecule has 1 saturated carbocycles. The third kappa shape index (κ3) is 2.55. The van der Waals surface area contributed by atoms with Crippen LogP contribution >= 0.6 is 0 Å². The second-order valence-corrected chi connectivity index (χ2v) is 8.07. The van der Waals surface area contributed by atoms with E-state index in [0.717, 1.165) is 44.4 Å². The predicted octanol–water partition coefficient (Wildman–Crippen LogP) is 5.18. The lowest BCUT2D eigenvalue weighted by molar-refractivity contribution is 0.439. The lowest BCUT2D eigenvalue weighted by Gasteiger charge is -2.22. The molecule has 1 N–H and O–H groups in total. The highest BCUT2D eigenvalue weighted by atomic mass is 15.3. The predicted molar refractivity (Wildman–Crippen MR) is 114 cm³/mol. The van der Waals surface area contributed by atoms with Gasteiger partial charge < -0.3 is 0 Å². The summed E-state index contributed by atoms with van der Waals surface area (Å²) < 4.78 is 1.90. The molecular formula is C23H22N6. The van der Waals surface area contributed by atoms with Gasteiger partial charge in [0.25, 0.3) is 0 Å². The minimum absolute atomic E-state index is 0.491. The van der Waals surface area contributed by atoms with Crippen LogP contribution in [0.25, 0.3) is 38.7 Å². The van der Waals surface area contributed by atoms with Crippen molar-refractivity contribution < 1.29 is 0 Å². The molecule has 1 aromatic carbocycles. The Bertz CT molecular complexity index is 1360. The first kappa shape index (κ1) is 16.7. The highest BCUT2D eigenvalue weighted by molar-refractivity contribution is 5.90. The Kier molecular flexibility index (Phi) is 3.66. The van der Waals surface area contributed by atoms with Gasteiger partial charge in [0.2, 0.25) is 0 Å². The SMILES string of the molecule is Cc1n[nH]c2c1c(C1CCCCC1)nc1c(-c3cnc4ccccc4c3)cnn12. The summed E-state index contributed by atoms with van der Waals surface area (Å²) in [4.78, 5) is 9.83. The summed E-state index contributed by atoms with van der Waals surface area (Å²) in [5.74, 6) is 0.491. The molecule has 4 aromatic heterocycles. The van der Waals surface area contributed by atoms with Gasteiger partial charge in [-0.1, -0.05) is 37.5 Å². The number of benzene rings is 1. The molecule has 0 aliphatic heterocycles. The van der Waals surface area contributed by atoms with E-state index in [1.165, 1.54) is 37.8 Å². The van der Waals surface area contributed by atoms with E-state index in [4.69, 9.17) is 4.98 Å². The Balaban J connectivity index is 1.61. The summed E-state index contributed by atoms with van der Waals surface area (Å²) in [6, 6.07) is 10.4. The highest BCUT2D eigenvalue weighted by Gasteiger charge is 2.24. The number of H-pyrrole nitrogens is 1. The van der Waals surface area contributed by atoms with Crippen LogP contribution in [0.4, 0.5) is 0 Å². The molecule has 0 saturated heterocycles. The van der Waals surface area contributed by atoms with Crippen LogP contribution in [0.1, 0.15) is 49.4 Å². The molecule has 0 spiro atoms. The van der Waals surface area contributed by atoms with E-state index in [1.807, 2.05) is 35.1 Å². The summed E-state index contributed by atoms with van der Waals surface area (Å²) in [5.41, 5.74) is 7.03. The molecule has 0 unspecified atom stereocenters. The van der Waals surface area contributed by atoms with E-state index in [-0.39, 0.29) is 0 Å². The van der Waals surface area contributed by atoms with Crippen LogP contribution in [0, 0.1) is 6.92 Å². The van der Waals surface area contributed by atoms with Crippen LogP contribution in [-0.4, -0.2) is 29.8 Å². The summed E-state index contributed by atoms with van der Waals surface area (Å²) in [7, 11) is 0. The van der Waals surface area contributed by atoms with Crippen LogP contribution < -0.4 is 0 Å². The van der Waals surface area contributed by atoms with E-state index >= 15 is 0 Å². The van der Waals surface area contributed by atoms with Gasteiger partial charge in [-0.3, -0.25) is 10.1 Å². The number of nitrogens with one attached hydrogen (secondary N) is 1. The summed E-state index contributed by atoms with van der Waals surface area (Å²) in [5, 5.41) is 14.6. The molecule has 5 aromatic rings. The fraction of sp³-hybridized carbons (Fsp3) is 0.304. The van der Waals surface area contributed by atoms with Crippen molar-refractivity contribution in [1.29, 1.82) is 0 Å². The van der Waals surface area contributed by atoms with Gasteiger partial charge in [0, 0.05) is 28.6 Å². The number of fused-ring (bicyclic) bond motifs is 4. The molecule has 4 heterocycles. The van der Waals surface area contributed by atoms with E-state index in [0.29, 0.717) is 5.92 Å². The standard InChI is InChI=1S/C23H22N6/c1-14-20-21(15-7-3-2-4-8-15)26-22-18(13-25-29(22)23(20)28-27-14)17-11-16-9-5-6-10-19(16)24-12-17/h5-6,9-13,15H,2-4,7-8H2,1H3,(H,27,28). The molecule has 0 amide bonds. The molecule has 1 aliphatic rings. The third-order valence-corrected chi connectivity index (χ3v) is 6.26. The van der Waals surface area contributed by atoms with Gasteiger partial charge in [-0.05, 0) is 31.9 Å². The third-order valence-electron chi connectivity index (χ3n) is 6.26. The number of para-hydroxylation sites is 1. The van der Waals surface area contributed by atoms with Crippen molar-refractivity contribution in [3.05, 3.63) is 54.1 Å². The fourth-order valence-electron chi connectivity index (χ4n) is 4.76. The monoisotopic (exact) mass is 382 g/mol. The lowest BCUT2D eigenvalue weighted by Crippen LogP contribution is -2.09. The number of hydrogen-bond donors (Lipinski definition) is 1. The largest absolute Gasteiger partial charge is 0.260 e. The maximum Gasteiger partial charge on any atom is 0.165 e. The number of pyridine rings is 1. The topological polar surface area (TPSA) is 71.8 Å². The molecule has 29 heavy (non-hydrogen) atoms. The van der Waals surface area contributed by atoms with Gasteiger partial charge in [-0.25, -0.2) is 4.98 Å². The fourth-order valence-corrected chi connectivity index (χ4v) is 4.76. The molecular weight excluding hydrogens is 360 g/mol. The van der Waals surface area contributed by atoms with Crippen LogP contribution in [-0.2, 0) is 0 Å². The molecule has 6 rings (SSSR count). The van der Waals surface area contributed by atoms with Gasteiger partial charge in [0.05, 0.1) is 28.5 Å². The summed E-state index contributed by atoms with van der Waals surface area (Å²) >= 11 is 0. The average molecular weight is 382 g/mol. The van der Waals surface area contributed by atoms with Gasteiger partial charge in [0.1, 0.15) is 0 Å². The quantitative estimate of drug-likeness (QED) is 0.457. The van der Waals surface area contributed by atoms with Crippen molar-refractivity contribution in [2.75, 3.05) is 0 Å². The van der Waals surface area contributed by atoms with E-state index in [2.05, 4.69) is 39.3 Å². The Morgan fingerprint density at radius 1 is 1.07 bits per heavy atom. The average Bonchev–Trinajstić information content (AvgIpc) is 3.37. The normalized spacial score (nSPS) is 15.6. The van der Waals surface area contributed by atoms with Crippen molar-refractivity contribution in [2.24, 2.45) is 0 Å². The van der Waals surface area contributed by atoms with E-state index in [9.17, 15) is 0 Å². The molecule has 0 bridgehead atoms. The van der Waals surface area contributed by atoms with E-state index < -0.39 is 0 Å². The van der Waals surface area contributed by atoms with Crippen molar-refractivity contribution in [2.45, 2.75) is 44.9 Å². The maximum absolute atomic E-state index is 5.19. The lowest BCUT2D eigenvalue weighted by atomic mass is 9.85. The number of aryl methyl sites for hydroxylation is 1. The van der Waals surface area contributed by atoms with Gasteiger partial charge >= 0.3 is 0 Å². The number of hydrogen-bond acceptors (Lipinski definition) is 4. The zero-order valence-electron chi connectivity index (χ0n) is 16.4. The molecule has 6 nitrogen and oxygen atoms in total. The Morgan fingerprint density at radius 2 is 1.93 bits per heavy atom. The van der Waals surface area contributed by atoms with Crippen LogP contribution in [0.5, 0.6) is 0 Å². The minimum atomic E-state index is 0.491. The van der Waals surface area contributed by atoms with Crippen molar-refractivity contribution >= 4 is 27.6 Å². The number of aromatic nitrogens is 6. The molecule has 1 aliphatic carbocycles. The smallest absolute Gasteiger partial charge is 0.165 e. The number of rotatable bonds is 2. The Hall–Kier alpha value is -3.28. The van der Waals surface area contributed by atoms with Crippen molar-refractivity contribution in [3.63, 3.8) is 0 Å². The molecule has 144 valence electrons. The maximum atomic E-state index is 5.19. The van der Waals surface area contributed by atoms with Crippen LogP contribution in [0.2, 0.25) is 0 Å². The second kappa shape index (κ2) is 6.37. The zero-order chi connectivity index (χ0) is 19.4. The molecule has 0 atom stereocenters. The molecule has 6 heteroatoms. The summed E-state index contributed by atoms with van der Waals surface area (Å²) in [6.07, 6.45) is 10.1. The number of nitrogens with zero attached hydrogens (tertiary/aromatic N) is 5. The highest BCUT2D eigenvalue weighted by Crippen LogP contribution is 2.37. The first-order chi connectivity index (χ1) is 14.3. The Labute approximate surface area is 168 Å². The van der Waals surface area contributed by atoms with Crippen molar-refractivity contribution in [3.8, 4) is 11.1 Å². The van der Waals surface area contributed by atoms with Gasteiger partial charge in [-0.15, -0.1) is 0 Å². The zero-order valence-corrected chi connectivity index (χ0v) is 16.4. The van der Waals surface area contributed by atoms with Crippen molar-refractivity contribution in [1.82, 2.24) is 29.8 Å². The van der Waals surface area contributed by atoms with Crippen LogP contribution in [0.15, 0.2) is 42.7 Å². The van der Waals surface area contributed by atoms with Gasteiger partial charge in [-0.2, -0.15) is 14.7 Å². The Morgan fingerprint density at radius 3 is 2.83 bits per heavy atom. The summed E-state index contributed by atoms with van der Waals surface area (Å²) in [6.45, 7) is 2.05. The second-order valence-electron chi connectivity index (χ2n) is 8.07. The molecule has 1 fully saturated rings. The first-order valence-electron chi connectivity index (χ1n) is 10.4. The minimum Gasteiger partial charge on any atom is -0.260 e. The van der Waals surface area contributed by atoms with Gasteiger partial charge in [0.15, 0.2) is 11.3 Å². The number of aromatic amines is 1. The van der Waals surface area contributed by atoms with E-state index in [1.54, 1.807) is 0 Å². The van der Waals surface area contributed by atoms with Crippen LogP contribution in [0.3, 0.4) is 0 Å². The molecule has 0 radical (unpaired) electrons.